The maximum absolute atomic E-state index is 3.25. The summed E-state index contributed by atoms with van der Waals surface area (Å²) < 4.78 is 0. The normalized spacial score (nSPS) is 8.00. The van der Waals surface area contributed by atoms with Gasteiger partial charge in [0.1, 0.15) is 0 Å². The molecule has 0 aliphatic rings. The molecule has 0 radical (unpaired) electrons. The van der Waals surface area contributed by atoms with Crippen LogP contribution in [0.1, 0.15) is 0 Å². The van der Waals surface area contributed by atoms with E-state index in [1.54, 1.807) is 0 Å². The number of hydrogen-bond acceptors (Lipinski definition) is 0. The van der Waals surface area contributed by atoms with Gasteiger partial charge in [-0.3, -0.25) is 0 Å². The van der Waals surface area contributed by atoms with E-state index >= 15 is 0 Å². The monoisotopic (exact) mass is 246 g/mol. The van der Waals surface area contributed by atoms with Gasteiger partial charge < -0.3 is 0 Å². The molecule has 64 valence electrons. The van der Waals surface area contributed by atoms with Crippen molar-refractivity contribution in [1.29, 1.82) is 0 Å². The van der Waals surface area contributed by atoms with E-state index in [0.717, 1.165) is 0 Å². The molecule has 0 spiro atoms. The van der Waals surface area contributed by atoms with Crippen LogP contribution in [0.4, 0.5) is 0 Å². The third-order valence-corrected chi connectivity index (χ3v) is 1.55. The van der Waals surface area contributed by atoms with Gasteiger partial charge in [-0.2, -0.15) is 17.5 Å². The van der Waals surface area contributed by atoms with Gasteiger partial charge in [-0.15, -0.1) is 29.7 Å². The maximum Gasteiger partial charge on any atom is 2.00 e. The SMILES string of the molecule is C=C[CH2-].[Zr+2].c1ccc2[cH-]ccc2c1. The summed E-state index contributed by atoms with van der Waals surface area (Å²) in [4.78, 5) is 0. The predicted octanol–water partition coefficient (Wildman–Crippen LogP) is 3.56. The number of allylic oxidation sites excluding steroid dienone is 1. The summed E-state index contributed by atoms with van der Waals surface area (Å²) in [7, 11) is 0. The molecule has 0 unspecified atom stereocenters. The van der Waals surface area contributed by atoms with Crippen LogP contribution in [0.25, 0.3) is 10.8 Å². The van der Waals surface area contributed by atoms with Crippen LogP contribution in [0.2, 0.25) is 0 Å². The van der Waals surface area contributed by atoms with Crippen molar-refractivity contribution in [2.24, 2.45) is 0 Å². The minimum atomic E-state index is 0. The van der Waals surface area contributed by atoms with Gasteiger partial charge in [0, 0.05) is 0 Å². The fourth-order valence-electron chi connectivity index (χ4n) is 1.07. The van der Waals surface area contributed by atoms with Gasteiger partial charge in [0.2, 0.25) is 0 Å². The average molecular weight is 247 g/mol. The van der Waals surface area contributed by atoms with Crippen LogP contribution in [0, 0.1) is 6.92 Å². The quantitative estimate of drug-likeness (QED) is 0.624. The zero-order chi connectivity index (χ0) is 8.81. The molecule has 0 saturated heterocycles. The fraction of sp³-hybridized carbons (Fsp3) is 0. The molecule has 0 aromatic heterocycles. The van der Waals surface area contributed by atoms with E-state index in [4.69, 9.17) is 0 Å². The molecule has 0 N–H and O–H groups in total. The van der Waals surface area contributed by atoms with Crippen molar-refractivity contribution < 1.29 is 26.2 Å². The molecule has 2 aromatic rings. The molecule has 0 heterocycles. The first-order chi connectivity index (χ1) is 5.88. The van der Waals surface area contributed by atoms with E-state index in [0.29, 0.717) is 0 Å². The van der Waals surface area contributed by atoms with E-state index in [9.17, 15) is 0 Å². The van der Waals surface area contributed by atoms with Gasteiger partial charge in [-0.25, -0.2) is 19.6 Å². The molecule has 13 heavy (non-hydrogen) atoms. The van der Waals surface area contributed by atoms with Crippen LogP contribution < -0.4 is 0 Å². The van der Waals surface area contributed by atoms with Crippen LogP contribution in [-0.2, 0) is 26.2 Å². The largest absolute Gasteiger partial charge is 2.00 e. The van der Waals surface area contributed by atoms with Crippen molar-refractivity contribution in [1.82, 2.24) is 0 Å². The molecular weight excluding hydrogens is 235 g/mol. The zero-order valence-electron chi connectivity index (χ0n) is 7.53. The summed E-state index contributed by atoms with van der Waals surface area (Å²) >= 11 is 0. The van der Waals surface area contributed by atoms with Gasteiger partial charge in [0.25, 0.3) is 0 Å². The minimum Gasteiger partial charge on any atom is -0.245 e. The van der Waals surface area contributed by atoms with Crippen molar-refractivity contribution in [3.05, 3.63) is 62.0 Å². The summed E-state index contributed by atoms with van der Waals surface area (Å²) in [6.45, 7) is 6.50. The first-order valence-electron chi connectivity index (χ1n) is 3.89. The molecule has 0 aliphatic carbocycles. The third-order valence-electron chi connectivity index (χ3n) is 1.55. The topological polar surface area (TPSA) is 0 Å². The first kappa shape index (κ1) is 12.3. The number of hydrogen-bond donors (Lipinski definition) is 0. The molecule has 0 bridgehead atoms. The Labute approximate surface area is 98.8 Å². The van der Waals surface area contributed by atoms with Crippen molar-refractivity contribution in [2.75, 3.05) is 0 Å². The second-order valence-corrected chi connectivity index (χ2v) is 2.44. The molecule has 0 fully saturated rings. The van der Waals surface area contributed by atoms with E-state index < -0.39 is 0 Å². The molecule has 0 amide bonds. The van der Waals surface area contributed by atoms with Crippen molar-refractivity contribution >= 4 is 10.8 Å². The maximum atomic E-state index is 3.25. The summed E-state index contributed by atoms with van der Waals surface area (Å²) in [6.07, 6.45) is 1.50. The van der Waals surface area contributed by atoms with Crippen molar-refractivity contribution in [3.63, 3.8) is 0 Å². The van der Waals surface area contributed by atoms with Crippen molar-refractivity contribution in [3.8, 4) is 0 Å². The van der Waals surface area contributed by atoms with Crippen LogP contribution in [-0.4, -0.2) is 0 Å². The molecular formula is C12H12Zr. The smallest absolute Gasteiger partial charge is 0.245 e. The van der Waals surface area contributed by atoms with Gasteiger partial charge in [0.05, 0.1) is 0 Å². The summed E-state index contributed by atoms with van der Waals surface area (Å²) in [5.41, 5.74) is 0. The predicted molar refractivity (Wildman–Crippen MR) is 55.1 cm³/mol. The first-order valence-corrected chi connectivity index (χ1v) is 3.89. The van der Waals surface area contributed by atoms with Crippen LogP contribution >= 0.6 is 0 Å². The Morgan fingerprint density at radius 1 is 1.23 bits per heavy atom. The Kier molecular flexibility index (Phi) is 6.44. The van der Waals surface area contributed by atoms with Crippen LogP contribution in [0.3, 0.4) is 0 Å². The molecule has 0 nitrogen and oxygen atoms in total. The van der Waals surface area contributed by atoms with Gasteiger partial charge in [-0.05, 0) is 0 Å². The molecule has 1 heteroatoms. The Balaban J connectivity index is 0.000000324. The summed E-state index contributed by atoms with van der Waals surface area (Å²) in [5, 5.41) is 2.66. The van der Waals surface area contributed by atoms with Gasteiger partial charge in [-0.1, -0.05) is 6.07 Å². The second-order valence-electron chi connectivity index (χ2n) is 2.44. The number of benzene rings is 1. The van der Waals surface area contributed by atoms with Crippen molar-refractivity contribution in [2.45, 2.75) is 0 Å². The molecule has 0 saturated carbocycles. The standard InChI is InChI=1S/C9H7.C3H5.Zr/c1-2-5-9-7-3-6-8(9)4-1;1-3-2;/h1-7H;3H,1-2H2;/q2*-1;+2. The van der Waals surface area contributed by atoms with E-state index in [2.05, 4.69) is 56.0 Å². The van der Waals surface area contributed by atoms with E-state index in [-0.39, 0.29) is 26.2 Å². The zero-order valence-corrected chi connectivity index (χ0v) is 9.99. The van der Waals surface area contributed by atoms with E-state index in [1.165, 1.54) is 16.8 Å². The molecule has 2 rings (SSSR count). The Morgan fingerprint density at radius 3 is 2.46 bits per heavy atom. The van der Waals surface area contributed by atoms with Crippen LogP contribution in [0.5, 0.6) is 0 Å². The summed E-state index contributed by atoms with van der Waals surface area (Å²) in [5.74, 6) is 0. The van der Waals surface area contributed by atoms with Crippen LogP contribution in [0.15, 0.2) is 55.1 Å². The molecule has 2 aromatic carbocycles. The Bertz CT molecular complexity index is 316. The average Bonchev–Trinajstić information content (AvgIpc) is 2.52. The minimum absolute atomic E-state index is 0. The fourth-order valence-corrected chi connectivity index (χ4v) is 1.07. The Hall–Kier alpha value is -0.677. The van der Waals surface area contributed by atoms with Gasteiger partial charge >= 0.3 is 26.2 Å². The third kappa shape index (κ3) is 3.69. The van der Waals surface area contributed by atoms with E-state index in [1.807, 2.05) is 0 Å². The Morgan fingerprint density at radius 2 is 1.85 bits per heavy atom. The number of fused-ring (bicyclic) bond motifs is 1. The second kappa shape index (κ2) is 6.80. The summed E-state index contributed by atoms with van der Waals surface area (Å²) in [6, 6.07) is 14.7. The molecule has 0 aliphatic heterocycles. The number of rotatable bonds is 0. The van der Waals surface area contributed by atoms with Gasteiger partial charge in [0.15, 0.2) is 0 Å². The molecule has 0 atom stereocenters.